The molecule has 784 valence electrons. The zero-order valence-corrected chi connectivity index (χ0v) is 96.2. The van der Waals surface area contributed by atoms with Crippen molar-refractivity contribution < 1.29 is 122 Å². The number of benzene rings is 1. The number of rotatable bonds is 31. The Labute approximate surface area is 825 Å². The summed E-state index contributed by atoms with van der Waals surface area (Å²) in [6.07, 6.45) is 4.12. The molecule has 26 nitrogen and oxygen atoms in total. The van der Waals surface area contributed by atoms with E-state index in [1.165, 1.54) is 17.5 Å². The number of nitrogens with zero attached hydrogens (tertiary/aromatic N) is 3. The van der Waals surface area contributed by atoms with Gasteiger partial charge in [0.25, 0.3) is 11.8 Å². The smallest absolute Gasteiger partial charge is 0.425 e. The second-order valence-electron chi connectivity index (χ2n) is 48.5. The minimum Gasteiger partial charge on any atom is -0.481 e. The van der Waals surface area contributed by atoms with Gasteiger partial charge < -0.3 is 56.1 Å². The molecule has 0 spiro atoms. The molecule has 9 aliphatic rings. The van der Waals surface area contributed by atoms with Crippen LogP contribution < -0.4 is 0 Å². The van der Waals surface area contributed by atoms with E-state index in [2.05, 4.69) is 135 Å². The molecule has 0 radical (unpaired) electrons. The normalized spacial score (nSPS) is 24.8. The number of carbonyl (C=O) groups excluding carboxylic acids is 10. The molecule has 0 aromatic heterocycles. The topological polar surface area (TPSA) is 371 Å². The lowest BCUT2D eigenvalue weighted by Crippen LogP contribution is -2.43. The second kappa shape index (κ2) is 50.0. The molecule has 6 bridgehead atoms. The third-order valence-corrected chi connectivity index (χ3v) is 39.1. The number of hydrogen-bond acceptors (Lipinski definition) is 24. The van der Waals surface area contributed by atoms with Crippen LogP contribution in [0.2, 0.25) is 90.7 Å². The zero-order chi connectivity index (χ0) is 107. The van der Waals surface area contributed by atoms with Gasteiger partial charge in [0.2, 0.25) is 0 Å². The summed E-state index contributed by atoms with van der Waals surface area (Å²) in [4.78, 5) is 144. The molecule has 16 unspecified atom stereocenters. The number of nitriles is 2. The third kappa shape index (κ3) is 36.0. The molecule has 1 aromatic carbocycles. The van der Waals surface area contributed by atoms with Gasteiger partial charge in [-0.15, -0.1) is 5.06 Å². The van der Waals surface area contributed by atoms with E-state index in [-0.39, 0.29) is 99.7 Å². The number of hydrogen-bond donors (Lipinski definition) is 2. The molecule has 1 aromatic rings. The first-order valence-electron chi connectivity index (χ1n) is 49.9. The number of carboxylic acid groups (broad SMARTS) is 1. The average Bonchev–Trinajstić information content (AvgIpc) is 1.54. The van der Waals surface area contributed by atoms with Crippen LogP contribution in [0.3, 0.4) is 0 Å². The van der Waals surface area contributed by atoms with Crippen LogP contribution in [0.25, 0.3) is 0 Å². The number of esters is 7. The Hall–Kier alpha value is -6.68. The number of carboxylic acids is 1. The average molecular weight is 2020 g/mol. The van der Waals surface area contributed by atoms with Crippen LogP contribution >= 0.6 is 0 Å². The maximum Gasteiger partial charge on any atom is 0.425 e. The van der Waals surface area contributed by atoms with E-state index in [4.69, 9.17) is 51.4 Å². The number of aliphatic carboxylic acids is 1. The number of amides is 2. The van der Waals surface area contributed by atoms with Crippen molar-refractivity contribution in [1.29, 1.82) is 10.5 Å². The maximum atomic E-state index is 12.4. The molecule has 6 aliphatic carbocycles. The van der Waals surface area contributed by atoms with Crippen LogP contribution in [-0.4, -0.2) is 173 Å². The Balaban J connectivity index is 0.000000532. The molecule has 6 saturated carbocycles. The fourth-order valence-corrected chi connectivity index (χ4v) is 25.0. The molecule has 2 N–H and O–H groups in total. The summed E-state index contributed by atoms with van der Waals surface area (Å²) in [6.45, 7) is 77.4. The monoisotopic (exact) mass is 2020 g/mol. The highest BCUT2D eigenvalue weighted by molar-refractivity contribution is 6.81. The minimum atomic E-state index is -4.49. The standard InChI is InChI=1S/2C15H19NO4.C15H21NO4.C15H36O4Si3.C14H22.C11H24O2Si.C9H15F3O2.C6H12O2.C3H10OSi/c2*1-4-14(2,3)12(17)19-10-8-5-9-11(10)20-13(18)15(9,6-8)7-16;1-4-15(2,3)14(19)20-16-12(17)10-8-5-6-9(7-8)11(10)13(16)18;1-10-15(2,3)14(16)17-12-11-13-20(18-21(4,5)6)19-22(7,8)9;1-6-11(2)12-7-9-13(10-8-12)14(3,4)5;1-7-11(2,3)10(12)13-8-9-14(4,5)6;1-5-8(3,4)7(13)14-6(2)9(10,11)12;1-4-6(2,3)5(7)8;1-5(2,3)4/h2*8-11H,4-6H2,1-3H3;8-11H,4-7H2,1-3H3;20H,10-13H2,1-9H3;7-11H,6H2,1-5H3;7-9H2,1-6H3;6H,5H2,1-4H3;4H2,1-3H3,(H,7,8);4H,1-3H3. The minimum absolute atomic E-state index is 0.0572. The van der Waals surface area contributed by atoms with E-state index in [1.54, 1.807) is 48.5 Å². The van der Waals surface area contributed by atoms with Crippen molar-refractivity contribution in [1.82, 2.24) is 5.06 Å². The third-order valence-electron chi connectivity index (χ3n) is 28.7. The predicted octanol–water partition coefficient (Wildman–Crippen LogP) is 22.8. The van der Waals surface area contributed by atoms with E-state index < -0.39 is 135 Å². The first-order chi connectivity index (χ1) is 62.1. The van der Waals surface area contributed by atoms with Crippen molar-refractivity contribution in [3.63, 3.8) is 0 Å². The van der Waals surface area contributed by atoms with Crippen molar-refractivity contribution in [2.75, 3.05) is 13.2 Å². The van der Waals surface area contributed by atoms with Gasteiger partial charge in [-0.05, 0) is 312 Å². The van der Waals surface area contributed by atoms with E-state index in [0.29, 0.717) is 75.9 Å². The summed E-state index contributed by atoms with van der Waals surface area (Å²) in [6, 6.07) is 15.3. The molecule has 34 heteroatoms. The molecular formula is C103H178F3N3O23Si5. The zero-order valence-electron chi connectivity index (χ0n) is 91.1. The van der Waals surface area contributed by atoms with Gasteiger partial charge in [0.1, 0.15) is 24.4 Å². The second-order valence-corrected chi connectivity index (χ2v) is 70.3. The Kier molecular flexibility index (Phi) is 46.2. The van der Waals surface area contributed by atoms with Crippen molar-refractivity contribution >= 4 is 108 Å². The number of ether oxygens (including phenoxy) is 7. The number of imide groups is 1. The van der Waals surface area contributed by atoms with Crippen LogP contribution in [0.15, 0.2) is 24.3 Å². The molecule has 3 saturated heterocycles. The molecule has 2 amide bonds. The van der Waals surface area contributed by atoms with Crippen LogP contribution in [0, 0.1) is 119 Å². The van der Waals surface area contributed by atoms with Gasteiger partial charge in [-0.1, -0.05) is 127 Å². The molecule has 9 fully saturated rings. The lowest BCUT2D eigenvalue weighted by Gasteiger charge is -2.30. The maximum absolute atomic E-state index is 12.4. The summed E-state index contributed by atoms with van der Waals surface area (Å²) in [5, 5.41) is 27.8. The van der Waals surface area contributed by atoms with Crippen molar-refractivity contribution in [3.05, 3.63) is 35.4 Å². The fraction of sp³-hybridized carbons (Fsp3) is 0.816. The summed E-state index contributed by atoms with van der Waals surface area (Å²) < 4.78 is 85.6. The number of hydroxylamine groups is 2. The summed E-state index contributed by atoms with van der Waals surface area (Å²) >= 11 is 0. The van der Waals surface area contributed by atoms with Crippen molar-refractivity contribution in [3.8, 4) is 12.1 Å². The highest BCUT2D eigenvalue weighted by Crippen LogP contribution is 2.64. The van der Waals surface area contributed by atoms with Crippen LogP contribution in [0.1, 0.15) is 307 Å². The Morgan fingerprint density at radius 3 is 1.14 bits per heavy atom. The number of fused-ring (bicyclic) bond motifs is 7. The van der Waals surface area contributed by atoms with Crippen LogP contribution in [0.5, 0.6) is 0 Å². The summed E-state index contributed by atoms with van der Waals surface area (Å²) in [7, 11) is -7.52. The first kappa shape index (κ1) is 126. The van der Waals surface area contributed by atoms with Crippen molar-refractivity contribution in [2.24, 2.45) is 96.1 Å². The predicted molar refractivity (Wildman–Crippen MR) is 536 cm³/mol. The SMILES string of the molecule is CCC(C)(C)C(=O)O.CCC(C)(C)C(=O)OC(C)C(F)(F)F.CCC(C)(C)C(=O)OC1C2CC3C1OC(=O)C3(C#N)C2.CCC(C)(C)C(=O)OC1C2CC3C1OC(=O)C3(C#N)C2.CCC(C)(C)C(=O)OCCC[SiH](O[Si](C)(C)C)O[Si](C)(C)C.CCC(C)(C)C(=O)OCC[Si](C)(C)C.CCC(C)(C)C(=O)ON1C(=O)C2C3CCC(C3)C2C1=O.CCC(C)c1ccc(C(C)(C)C)cc1.C[Si](C)(C)O. The number of halogens is 3. The Morgan fingerprint density at radius 1 is 0.504 bits per heavy atom. The molecule has 137 heavy (non-hydrogen) atoms. The van der Waals surface area contributed by atoms with Gasteiger partial charge in [0.15, 0.2) is 41.9 Å². The molecular weight excluding hydrogens is 1840 g/mol. The van der Waals surface area contributed by atoms with E-state index >= 15 is 0 Å². The first-order valence-corrected chi connectivity index (χ1v) is 65.6. The van der Waals surface area contributed by atoms with Crippen LogP contribution in [0.4, 0.5) is 13.2 Å². The summed E-state index contributed by atoms with van der Waals surface area (Å²) in [5.41, 5.74) is -2.65. The van der Waals surface area contributed by atoms with E-state index in [1.807, 2.05) is 117 Å². The van der Waals surface area contributed by atoms with Crippen molar-refractivity contribution in [2.45, 2.75) is 428 Å². The Morgan fingerprint density at radius 2 is 0.839 bits per heavy atom. The van der Waals surface area contributed by atoms with Gasteiger partial charge in [-0.25, -0.2) is 4.79 Å². The highest BCUT2D eigenvalue weighted by Gasteiger charge is 2.74. The summed E-state index contributed by atoms with van der Waals surface area (Å²) in [5.74, 6) is -3.37. The highest BCUT2D eigenvalue weighted by atomic mass is 28.4. The quantitative estimate of drug-likeness (QED) is 0.0229. The van der Waals surface area contributed by atoms with Gasteiger partial charge >= 0.3 is 69.2 Å². The van der Waals surface area contributed by atoms with Crippen LogP contribution in [-0.2, 0) is 104 Å². The molecule has 16 atom stereocenters. The Bertz CT molecular complexity index is 4150. The van der Waals surface area contributed by atoms with Gasteiger partial charge in [-0.3, -0.25) is 47.9 Å². The fourth-order valence-electron chi connectivity index (χ4n) is 16.0. The lowest BCUT2D eigenvalue weighted by molar-refractivity contribution is -0.221. The molecule has 10 rings (SSSR count). The lowest BCUT2D eigenvalue weighted by atomic mass is 9.74. The van der Waals surface area contributed by atoms with E-state index in [0.717, 1.165) is 75.4 Å². The molecule has 3 aliphatic heterocycles. The van der Waals surface area contributed by atoms with Gasteiger partial charge in [0.05, 0.1) is 75.1 Å². The number of carbonyl (C=O) groups is 11. The van der Waals surface area contributed by atoms with Gasteiger partial charge in [0, 0.05) is 31.7 Å². The number of alkyl halides is 3. The van der Waals surface area contributed by atoms with Gasteiger partial charge in [-0.2, -0.15) is 23.7 Å². The largest absolute Gasteiger partial charge is 0.481 e. The van der Waals surface area contributed by atoms with E-state index in [9.17, 15) is 76.4 Å². The molecule has 3 heterocycles.